The van der Waals surface area contributed by atoms with E-state index in [1.807, 2.05) is 24.4 Å². The third-order valence-corrected chi connectivity index (χ3v) is 8.93. The standard InChI is InChI=1S/C31H33N5O6S2/c1-4-41-31(38)36-14-12-35(13-15-36)19-24-20-43-30(33-24)34-29(37)23-16-22(28-21(2)6-5-11-32-28)17-26(18-23)42-25-7-9-27(10-8-25)44(3,39)40/h5-11,16-18,20H,4,12-15,19H2,1-3H3,(H,33,34,37). The number of ether oxygens (including phenoxy) is 2. The molecule has 4 aromatic rings. The first-order valence-electron chi connectivity index (χ1n) is 14.0. The van der Waals surface area contributed by atoms with Crippen LogP contribution in [0.3, 0.4) is 0 Å². The number of thiazole rings is 1. The van der Waals surface area contributed by atoms with Crippen LogP contribution in [0.1, 0.15) is 28.5 Å². The Bertz CT molecular complexity index is 1750. The van der Waals surface area contributed by atoms with Crippen LogP contribution in [0.5, 0.6) is 11.5 Å². The summed E-state index contributed by atoms with van der Waals surface area (Å²) < 4.78 is 34.8. The Morgan fingerprint density at radius 3 is 2.45 bits per heavy atom. The molecule has 1 aliphatic rings. The highest BCUT2D eigenvalue weighted by atomic mass is 32.2. The third-order valence-electron chi connectivity index (χ3n) is 7.00. The van der Waals surface area contributed by atoms with Gasteiger partial charge in [0, 0.05) is 61.7 Å². The molecule has 230 valence electrons. The topological polar surface area (TPSA) is 131 Å². The van der Waals surface area contributed by atoms with Gasteiger partial charge in [0.1, 0.15) is 11.5 Å². The molecule has 2 amide bonds. The number of aryl methyl sites for hydroxylation is 1. The first kappa shape index (κ1) is 31.1. The first-order valence-corrected chi connectivity index (χ1v) is 16.8. The molecule has 2 aromatic heterocycles. The molecule has 2 aromatic carbocycles. The quantitative estimate of drug-likeness (QED) is 0.263. The minimum atomic E-state index is -3.35. The molecule has 0 bridgehead atoms. The molecule has 0 aliphatic carbocycles. The lowest BCUT2D eigenvalue weighted by Gasteiger charge is -2.33. The summed E-state index contributed by atoms with van der Waals surface area (Å²) in [6.45, 7) is 7.28. The lowest BCUT2D eigenvalue weighted by Crippen LogP contribution is -2.48. The van der Waals surface area contributed by atoms with Gasteiger partial charge >= 0.3 is 6.09 Å². The monoisotopic (exact) mass is 635 g/mol. The van der Waals surface area contributed by atoms with Gasteiger partial charge in [-0.1, -0.05) is 6.07 Å². The van der Waals surface area contributed by atoms with Gasteiger partial charge < -0.3 is 14.4 Å². The maximum absolute atomic E-state index is 13.4. The number of nitrogens with one attached hydrogen (secondary N) is 1. The van der Waals surface area contributed by atoms with Crippen LogP contribution in [0, 0.1) is 6.92 Å². The predicted molar refractivity (Wildman–Crippen MR) is 168 cm³/mol. The van der Waals surface area contributed by atoms with Crippen molar-refractivity contribution in [3.05, 3.63) is 83.0 Å². The summed E-state index contributed by atoms with van der Waals surface area (Å²) in [6.07, 6.45) is 2.55. The highest BCUT2D eigenvalue weighted by Crippen LogP contribution is 2.31. The number of hydrogen-bond acceptors (Lipinski definition) is 10. The number of amides is 2. The molecule has 1 fully saturated rings. The van der Waals surface area contributed by atoms with Crippen molar-refractivity contribution in [2.24, 2.45) is 0 Å². The summed E-state index contributed by atoms with van der Waals surface area (Å²) in [4.78, 5) is 38.6. The third kappa shape index (κ3) is 7.78. The molecule has 1 aliphatic heterocycles. The minimum Gasteiger partial charge on any atom is -0.457 e. The number of pyridine rings is 1. The van der Waals surface area contributed by atoms with Crippen LogP contribution in [-0.4, -0.2) is 79.2 Å². The van der Waals surface area contributed by atoms with Crippen molar-refractivity contribution in [3.63, 3.8) is 0 Å². The molecule has 0 radical (unpaired) electrons. The second-order valence-corrected chi connectivity index (χ2v) is 13.2. The van der Waals surface area contributed by atoms with Gasteiger partial charge in [0.15, 0.2) is 15.0 Å². The molecule has 11 nitrogen and oxygen atoms in total. The lowest BCUT2D eigenvalue weighted by atomic mass is 10.0. The first-order chi connectivity index (χ1) is 21.1. The Kier molecular flexibility index (Phi) is 9.57. The molecule has 1 N–H and O–H groups in total. The van der Waals surface area contributed by atoms with E-state index in [4.69, 9.17) is 9.47 Å². The van der Waals surface area contributed by atoms with Crippen molar-refractivity contribution in [2.75, 3.05) is 44.4 Å². The van der Waals surface area contributed by atoms with E-state index in [9.17, 15) is 18.0 Å². The average Bonchev–Trinajstić information content (AvgIpc) is 3.44. The van der Waals surface area contributed by atoms with Crippen molar-refractivity contribution in [2.45, 2.75) is 25.3 Å². The van der Waals surface area contributed by atoms with Gasteiger partial charge in [-0.25, -0.2) is 18.2 Å². The highest BCUT2D eigenvalue weighted by molar-refractivity contribution is 7.90. The average molecular weight is 636 g/mol. The van der Waals surface area contributed by atoms with Crippen LogP contribution < -0.4 is 10.1 Å². The SMILES string of the molecule is CCOC(=O)N1CCN(Cc2csc(NC(=O)c3cc(Oc4ccc(S(C)(=O)=O)cc4)cc(-c4ncccc4C)c3)n2)CC1. The number of nitrogens with zero attached hydrogens (tertiary/aromatic N) is 4. The summed E-state index contributed by atoms with van der Waals surface area (Å²) in [5, 5.41) is 5.28. The molecular formula is C31H33N5O6S2. The van der Waals surface area contributed by atoms with E-state index in [1.165, 1.54) is 23.5 Å². The summed E-state index contributed by atoms with van der Waals surface area (Å²) in [7, 11) is -3.35. The Hall–Kier alpha value is -4.33. The Morgan fingerprint density at radius 2 is 1.77 bits per heavy atom. The van der Waals surface area contributed by atoms with Crippen molar-refractivity contribution < 1.29 is 27.5 Å². The zero-order valence-electron chi connectivity index (χ0n) is 24.6. The Labute approximate surface area is 260 Å². The van der Waals surface area contributed by atoms with E-state index in [0.29, 0.717) is 72.8 Å². The van der Waals surface area contributed by atoms with Crippen LogP contribution in [0.4, 0.5) is 9.93 Å². The van der Waals surface area contributed by atoms with Crippen molar-refractivity contribution in [3.8, 4) is 22.8 Å². The van der Waals surface area contributed by atoms with Crippen LogP contribution >= 0.6 is 11.3 Å². The fourth-order valence-electron chi connectivity index (χ4n) is 4.74. The van der Waals surface area contributed by atoms with Crippen LogP contribution in [-0.2, 0) is 21.1 Å². The number of piperazine rings is 1. The van der Waals surface area contributed by atoms with Crippen LogP contribution in [0.15, 0.2) is 71.1 Å². The van der Waals surface area contributed by atoms with Gasteiger partial charge in [-0.15, -0.1) is 11.3 Å². The van der Waals surface area contributed by atoms with Gasteiger partial charge in [0.25, 0.3) is 5.91 Å². The second kappa shape index (κ2) is 13.5. The van der Waals surface area contributed by atoms with E-state index in [0.717, 1.165) is 17.5 Å². The smallest absolute Gasteiger partial charge is 0.409 e. The summed E-state index contributed by atoms with van der Waals surface area (Å²) >= 11 is 1.34. The molecule has 5 rings (SSSR count). The van der Waals surface area contributed by atoms with E-state index < -0.39 is 9.84 Å². The molecular weight excluding hydrogens is 603 g/mol. The van der Waals surface area contributed by atoms with E-state index in [-0.39, 0.29) is 16.9 Å². The van der Waals surface area contributed by atoms with Crippen molar-refractivity contribution in [1.82, 2.24) is 19.8 Å². The molecule has 1 saturated heterocycles. The lowest BCUT2D eigenvalue weighted by molar-refractivity contribution is 0.0776. The molecule has 0 spiro atoms. The highest BCUT2D eigenvalue weighted by Gasteiger charge is 2.23. The van der Waals surface area contributed by atoms with E-state index in [1.54, 1.807) is 48.4 Å². The molecule has 44 heavy (non-hydrogen) atoms. The van der Waals surface area contributed by atoms with Crippen molar-refractivity contribution in [1.29, 1.82) is 0 Å². The van der Waals surface area contributed by atoms with Crippen molar-refractivity contribution >= 4 is 38.3 Å². The fourth-order valence-corrected chi connectivity index (χ4v) is 6.07. The number of benzene rings is 2. The Balaban J connectivity index is 1.31. The zero-order valence-corrected chi connectivity index (χ0v) is 26.3. The number of carbonyl (C=O) groups excluding carboxylic acids is 2. The van der Waals surface area contributed by atoms with Gasteiger partial charge in [0.2, 0.25) is 0 Å². The minimum absolute atomic E-state index is 0.185. The van der Waals surface area contributed by atoms with E-state index in [2.05, 4.69) is 20.2 Å². The van der Waals surface area contributed by atoms with Crippen LogP contribution in [0.2, 0.25) is 0 Å². The second-order valence-electron chi connectivity index (χ2n) is 10.3. The van der Waals surface area contributed by atoms with Gasteiger partial charge in [0.05, 0.1) is 22.9 Å². The molecule has 3 heterocycles. The largest absolute Gasteiger partial charge is 0.457 e. The normalized spacial score (nSPS) is 13.8. The fraction of sp³-hybridized carbons (Fsp3) is 0.290. The number of hydrogen-bond donors (Lipinski definition) is 1. The number of sulfone groups is 1. The number of rotatable bonds is 9. The summed E-state index contributed by atoms with van der Waals surface area (Å²) in [6, 6.07) is 15.0. The zero-order chi connectivity index (χ0) is 31.3. The predicted octanol–water partition coefficient (Wildman–Crippen LogP) is 5.24. The van der Waals surface area contributed by atoms with Crippen LogP contribution in [0.25, 0.3) is 11.3 Å². The Morgan fingerprint density at radius 1 is 1.02 bits per heavy atom. The number of anilines is 1. The number of aromatic nitrogens is 2. The van der Waals surface area contributed by atoms with E-state index >= 15 is 0 Å². The summed E-state index contributed by atoms with van der Waals surface area (Å²) in [5.74, 6) is 0.458. The molecule has 0 saturated carbocycles. The van der Waals surface area contributed by atoms with Gasteiger partial charge in [-0.3, -0.25) is 20.0 Å². The van der Waals surface area contributed by atoms with Gasteiger partial charge in [-0.2, -0.15) is 0 Å². The number of carbonyl (C=O) groups is 2. The molecule has 13 heteroatoms. The summed E-state index contributed by atoms with van der Waals surface area (Å²) in [5.41, 5.74) is 3.51. The molecule has 0 atom stereocenters. The maximum Gasteiger partial charge on any atom is 0.409 e. The molecule has 0 unspecified atom stereocenters. The maximum atomic E-state index is 13.4. The van der Waals surface area contributed by atoms with Gasteiger partial charge in [-0.05, 0) is 67.9 Å².